The van der Waals surface area contributed by atoms with Gasteiger partial charge in [-0.15, -0.1) is 0 Å². The zero-order valence-corrected chi connectivity index (χ0v) is 13.1. The quantitative estimate of drug-likeness (QED) is 0.613. The number of nitrogens with one attached hydrogen (secondary N) is 3. The second-order valence-corrected chi connectivity index (χ2v) is 5.41. The van der Waals surface area contributed by atoms with E-state index < -0.39 is 0 Å². The molecule has 5 nitrogen and oxygen atoms in total. The average molecular weight is 308 g/mol. The van der Waals surface area contributed by atoms with Gasteiger partial charge >= 0.3 is 0 Å². The van der Waals surface area contributed by atoms with Gasteiger partial charge in [-0.3, -0.25) is 9.89 Å². The van der Waals surface area contributed by atoms with Crippen LogP contribution in [0.15, 0.2) is 48.5 Å². The van der Waals surface area contributed by atoms with Gasteiger partial charge in [-0.25, -0.2) is 0 Å². The number of fused-ring (bicyclic) bond motifs is 1. The molecule has 0 spiro atoms. The predicted molar refractivity (Wildman–Crippen MR) is 92.4 cm³/mol. The van der Waals surface area contributed by atoms with Crippen molar-refractivity contribution >= 4 is 16.8 Å². The summed E-state index contributed by atoms with van der Waals surface area (Å²) in [6.07, 6.45) is 0.916. The first-order valence-corrected chi connectivity index (χ1v) is 7.76. The summed E-state index contributed by atoms with van der Waals surface area (Å²) in [6.45, 7) is 1.57. The first kappa shape index (κ1) is 15.2. The highest BCUT2D eigenvalue weighted by atomic mass is 16.1. The molecule has 0 saturated heterocycles. The molecule has 1 heterocycles. The van der Waals surface area contributed by atoms with Crippen LogP contribution in [0.3, 0.4) is 0 Å². The van der Waals surface area contributed by atoms with E-state index in [0.29, 0.717) is 12.1 Å². The highest BCUT2D eigenvalue weighted by Crippen LogP contribution is 2.26. The third-order valence-corrected chi connectivity index (χ3v) is 3.78. The molecule has 0 bridgehead atoms. The second kappa shape index (κ2) is 7.07. The molecule has 0 aliphatic carbocycles. The maximum atomic E-state index is 12.1. The predicted octanol–water partition coefficient (Wildman–Crippen LogP) is 2.57. The van der Waals surface area contributed by atoms with E-state index in [1.807, 2.05) is 55.6 Å². The summed E-state index contributed by atoms with van der Waals surface area (Å²) in [5.74, 6) is -0.0421. The summed E-state index contributed by atoms with van der Waals surface area (Å²) in [5, 5.41) is 14.5. The lowest BCUT2D eigenvalue weighted by atomic mass is 10.1. The highest BCUT2D eigenvalue weighted by Gasteiger charge is 2.09. The summed E-state index contributed by atoms with van der Waals surface area (Å²) in [4.78, 5) is 12.1. The molecule has 3 rings (SSSR count). The van der Waals surface area contributed by atoms with Crippen molar-refractivity contribution in [2.45, 2.75) is 6.42 Å². The highest BCUT2D eigenvalue weighted by molar-refractivity contribution is 5.96. The summed E-state index contributed by atoms with van der Waals surface area (Å²) < 4.78 is 0. The average Bonchev–Trinajstić information content (AvgIpc) is 3.03. The number of carbonyl (C=O) groups is 1. The van der Waals surface area contributed by atoms with E-state index in [9.17, 15) is 4.79 Å². The lowest BCUT2D eigenvalue weighted by molar-refractivity contribution is 0.0953. The van der Waals surface area contributed by atoms with Gasteiger partial charge in [0.2, 0.25) is 0 Å². The number of hydrogen-bond acceptors (Lipinski definition) is 3. The Morgan fingerprint density at radius 1 is 1.09 bits per heavy atom. The third kappa shape index (κ3) is 3.40. The van der Waals surface area contributed by atoms with Crippen molar-refractivity contribution in [3.05, 3.63) is 54.1 Å². The molecule has 0 atom stereocenters. The van der Waals surface area contributed by atoms with Crippen molar-refractivity contribution in [2.24, 2.45) is 0 Å². The molecule has 0 aliphatic heterocycles. The summed E-state index contributed by atoms with van der Waals surface area (Å²) in [6, 6.07) is 15.6. The number of amides is 1. The van der Waals surface area contributed by atoms with E-state index >= 15 is 0 Å². The van der Waals surface area contributed by atoms with Gasteiger partial charge in [0.15, 0.2) is 0 Å². The number of aromatic amines is 1. The SMILES string of the molecule is CNCCCNC(=O)c1ccc(-c2n[nH]c3ccccc23)cc1. The molecule has 0 unspecified atom stereocenters. The van der Waals surface area contributed by atoms with Crippen LogP contribution in [0, 0.1) is 0 Å². The molecule has 3 aromatic rings. The monoisotopic (exact) mass is 308 g/mol. The number of nitrogens with zero attached hydrogens (tertiary/aromatic N) is 1. The topological polar surface area (TPSA) is 69.8 Å². The van der Waals surface area contributed by atoms with Crippen LogP contribution in [-0.4, -0.2) is 36.2 Å². The fourth-order valence-electron chi connectivity index (χ4n) is 2.53. The molecular formula is C18H20N4O. The Morgan fingerprint density at radius 3 is 2.65 bits per heavy atom. The molecular weight excluding hydrogens is 288 g/mol. The van der Waals surface area contributed by atoms with Gasteiger partial charge in [0, 0.05) is 23.1 Å². The Kier molecular flexibility index (Phi) is 4.68. The number of para-hydroxylation sites is 1. The number of H-pyrrole nitrogens is 1. The van der Waals surface area contributed by atoms with E-state index in [1.165, 1.54) is 0 Å². The minimum Gasteiger partial charge on any atom is -0.352 e. The van der Waals surface area contributed by atoms with Gasteiger partial charge in [-0.1, -0.05) is 30.3 Å². The molecule has 23 heavy (non-hydrogen) atoms. The fourth-order valence-corrected chi connectivity index (χ4v) is 2.53. The van der Waals surface area contributed by atoms with Crippen LogP contribution < -0.4 is 10.6 Å². The number of carbonyl (C=O) groups excluding carboxylic acids is 1. The van der Waals surface area contributed by atoms with Gasteiger partial charge in [0.25, 0.3) is 5.91 Å². The maximum absolute atomic E-state index is 12.1. The van der Waals surface area contributed by atoms with Crippen molar-refractivity contribution < 1.29 is 4.79 Å². The minimum atomic E-state index is -0.0421. The van der Waals surface area contributed by atoms with Crippen molar-refractivity contribution in [1.82, 2.24) is 20.8 Å². The van der Waals surface area contributed by atoms with Crippen LogP contribution >= 0.6 is 0 Å². The number of hydrogen-bond donors (Lipinski definition) is 3. The lowest BCUT2D eigenvalue weighted by Gasteiger charge is -2.06. The number of rotatable bonds is 6. The molecule has 2 aromatic carbocycles. The van der Waals surface area contributed by atoms with E-state index in [1.54, 1.807) is 0 Å². The van der Waals surface area contributed by atoms with Gasteiger partial charge < -0.3 is 10.6 Å². The molecule has 5 heteroatoms. The van der Waals surface area contributed by atoms with Gasteiger partial charge in [0.1, 0.15) is 0 Å². The van der Waals surface area contributed by atoms with Gasteiger partial charge in [0.05, 0.1) is 11.2 Å². The van der Waals surface area contributed by atoms with Crippen LogP contribution in [0.2, 0.25) is 0 Å². The Morgan fingerprint density at radius 2 is 1.87 bits per heavy atom. The molecule has 1 amide bonds. The summed E-state index contributed by atoms with van der Waals surface area (Å²) in [7, 11) is 1.90. The van der Waals surface area contributed by atoms with Crippen LogP contribution in [0.25, 0.3) is 22.2 Å². The standard InChI is InChI=1S/C18H20N4O/c1-19-11-4-12-20-18(23)14-9-7-13(8-10-14)17-15-5-2-3-6-16(15)21-22-17/h2-3,5-10,19H,4,11-12H2,1H3,(H,20,23)(H,21,22). The first-order valence-electron chi connectivity index (χ1n) is 7.76. The van der Waals surface area contributed by atoms with E-state index in [2.05, 4.69) is 20.8 Å². The second-order valence-electron chi connectivity index (χ2n) is 5.41. The van der Waals surface area contributed by atoms with E-state index in [-0.39, 0.29) is 5.91 Å². The van der Waals surface area contributed by atoms with Crippen molar-refractivity contribution in [3.63, 3.8) is 0 Å². The normalized spacial score (nSPS) is 10.8. The third-order valence-electron chi connectivity index (χ3n) is 3.78. The van der Waals surface area contributed by atoms with Crippen LogP contribution in [0.5, 0.6) is 0 Å². The van der Waals surface area contributed by atoms with Crippen LogP contribution in [0.4, 0.5) is 0 Å². The summed E-state index contributed by atoms with van der Waals surface area (Å²) in [5.41, 5.74) is 3.57. The minimum absolute atomic E-state index is 0.0421. The molecule has 118 valence electrons. The van der Waals surface area contributed by atoms with Gasteiger partial charge in [-0.05, 0) is 38.2 Å². The van der Waals surface area contributed by atoms with Crippen molar-refractivity contribution in [3.8, 4) is 11.3 Å². The van der Waals surface area contributed by atoms with E-state index in [0.717, 1.165) is 35.1 Å². The Bertz CT molecular complexity index is 792. The molecule has 0 aliphatic rings. The molecule has 0 saturated carbocycles. The maximum Gasteiger partial charge on any atom is 0.251 e. The fraction of sp³-hybridized carbons (Fsp3) is 0.222. The van der Waals surface area contributed by atoms with Crippen LogP contribution in [0.1, 0.15) is 16.8 Å². The smallest absolute Gasteiger partial charge is 0.251 e. The number of aromatic nitrogens is 2. The van der Waals surface area contributed by atoms with Crippen molar-refractivity contribution in [2.75, 3.05) is 20.1 Å². The molecule has 3 N–H and O–H groups in total. The Hall–Kier alpha value is -2.66. The lowest BCUT2D eigenvalue weighted by Crippen LogP contribution is -2.26. The van der Waals surface area contributed by atoms with Crippen molar-refractivity contribution in [1.29, 1.82) is 0 Å². The zero-order chi connectivity index (χ0) is 16.1. The molecule has 0 radical (unpaired) electrons. The summed E-state index contributed by atoms with van der Waals surface area (Å²) >= 11 is 0. The van der Waals surface area contributed by atoms with E-state index in [4.69, 9.17) is 0 Å². The molecule has 1 aromatic heterocycles. The zero-order valence-electron chi connectivity index (χ0n) is 13.1. The largest absolute Gasteiger partial charge is 0.352 e. The van der Waals surface area contributed by atoms with Crippen LogP contribution in [-0.2, 0) is 0 Å². The first-order chi connectivity index (χ1) is 11.3. The molecule has 0 fully saturated rings. The number of benzene rings is 2. The van der Waals surface area contributed by atoms with Gasteiger partial charge in [-0.2, -0.15) is 5.10 Å². The Labute approximate surface area is 135 Å². The Balaban J connectivity index is 1.73.